The van der Waals surface area contributed by atoms with Crippen LogP contribution in [0.1, 0.15) is 18.4 Å². The van der Waals surface area contributed by atoms with Gasteiger partial charge in [0.25, 0.3) is 0 Å². The molecule has 1 aliphatic carbocycles. The first-order valence-electron chi connectivity index (χ1n) is 8.53. The quantitative estimate of drug-likeness (QED) is 0.832. The minimum absolute atomic E-state index is 0.169. The van der Waals surface area contributed by atoms with Crippen LogP contribution in [0.2, 0.25) is 0 Å². The van der Waals surface area contributed by atoms with E-state index < -0.39 is 20.6 Å². The summed E-state index contributed by atoms with van der Waals surface area (Å²) in [7, 11) is -3.59. The summed E-state index contributed by atoms with van der Waals surface area (Å²) >= 11 is 0. The Morgan fingerprint density at radius 3 is 2.62 bits per heavy atom. The van der Waals surface area contributed by atoms with Crippen molar-refractivity contribution in [1.29, 1.82) is 0 Å². The summed E-state index contributed by atoms with van der Waals surface area (Å²) in [4.78, 5) is 0.277. The molecule has 0 radical (unpaired) electrons. The van der Waals surface area contributed by atoms with Gasteiger partial charge in [0.1, 0.15) is 0 Å². The van der Waals surface area contributed by atoms with Crippen molar-refractivity contribution in [3.63, 3.8) is 0 Å². The highest BCUT2D eigenvalue weighted by Gasteiger charge is 2.69. The van der Waals surface area contributed by atoms with E-state index in [0.29, 0.717) is 18.1 Å². The van der Waals surface area contributed by atoms with Crippen LogP contribution in [0.4, 0.5) is 0 Å². The van der Waals surface area contributed by atoms with Crippen LogP contribution in [-0.2, 0) is 14.6 Å². The standard InChI is InChI=1S/C19H21NO5S/c1-2-23-11-19(20)17(13-8-9-15-16(10-13)25-12-24-15)18(19)26(21,22)14-6-4-3-5-7-14/h3-10,17-18H,2,11-12,20H2,1H3/t17-,18+,19+/m1/s1. The summed E-state index contributed by atoms with van der Waals surface area (Å²) in [5, 5.41) is -0.746. The Bertz CT molecular complexity index is 915. The number of sulfone groups is 1. The monoisotopic (exact) mass is 375 g/mol. The molecule has 1 fully saturated rings. The summed E-state index contributed by atoms with van der Waals surface area (Å²) in [5.41, 5.74) is 6.39. The van der Waals surface area contributed by atoms with Gasteiger partial charge in [-0.05, 0) is 36.8 Å². The molecule has 1 aliphatic heterocycles. The highest BCUT2D eigenvalue weighted by molar-refractivity contribution is 7.92. The summed E-state index contributed by atoms with van der Waals surface area (Å²) in [5.74, 6) is 0.905. The fourth-order valence-corrected chi connectivity index (χ4v) is 6.00. The highest BCUT2D eigenvalue weighted by atomic mass is 32.2. The zero-order chi connectivity index (χ0) is 18.4. The lowest BCUT2D eigenvalue weighted by atomic mass is 10.1. The summed E-state index contributed by atoms with van der Waals surface area (Å²) in [6.07, 6.45) is 0. The molecule has 0 unspecified atom stereocenters. The molecule has 0 aromatic heterocycles. The topological polar surface area (TPSA) is 87.8 Å². The molecule has 2 aromatic rings. The largest absolute Gasteiger partial charge is 0.454 e. The van der Waals surface area contributed by atoms with Crippen molar-refractivity contribution < 1.29 is 22.6 Å². The van der Waals surface area contributed by atoms with Crippen LogP contribution >= 0.6 is 0 Å². The number of hydrogen-bond donors (Lipinski definition) is 1. The number of ether oxygens (including phenoxy) is 3. The first-order chi connectivity index (χ1) is 12.5. The van der Waals surface area contributed by atoms with Crippen molar-refractivity contribution >= 4 is 9.84 Å². The SMILES string of the molecule is CCOC[C@]1(N)[C@H](c2ccc3c(c2)OCO3)[C@@H]1S(=O)(=O)c1ccccc1. The number of hydrogen-bond acceptors (Lipinski definition) is 6. The Morgan fingerprint density at radius 1 is 1.15 bits per heavy atom. The Morgan fingerprint density at radius 2 is 1.88 bits per heavy atom. The molecule has 138 valence electrons. The molecular weight excluding hydrogens is 354 g/mol. The number of fused-ring (bicyclic) bond motifs is 1. The van der Waals surface area contributed by atoms with E-state index in [2.05, 4.69) is 0 Å². The molecule has 7 heteroatoms. The highest BCUT2D eigenvalue weighted by Crippen LogP contribution is 2.56. The van der Waals surface area contributed by atoms with E-state index in [9.17, 15) is 8.42 Å². The van der Waals surface area contributed by atoms with Gasteiger partial charge < -0.3 is 19.9 Å². The first kappa shape index (κ1) is 17.3. The third-order valence-corrected chi connectivity index (χ3v) is 7.33. The lowest BCUT2D eigenvalue weighted by molar-refractivity contribution is 0.125. The molecule has 0 saturated heterocycles. The Hall–Kier alpha value is -2.09. The maximum atomic E-state index is 13.2. The van der Waals surface area contributed by atoms with Crippen LogP contribution in [-0.4, -0.2) is 39.2 Å². The average Bonchev–Trinajstić information content (AvgIpc) is 3.03. The second kappa shape index (κ2) is 6.26. The fourth-order valence-electron chi connectivity index (χ4n) is 3.69. The van der Waals surface area contributed by atoms with Crippen molar-refractivity contribution in [2.75, 3.05) is 20.0 Å². The Labute approximate surface area is 152 Å². The third-order valence-electron chi connectivity index (χ3n) is 5.02. The normalized spacial score (nSPS) is 26.7. The Kier molecular flexibility index (Phi) is 4.17. The molecule has 6 nitrogen and oxygen atoms in total. The molecule has 1 heterocycles. The molecule has 2 aromatic carbocycles. The number of nitrogens with two attached hydrogens (primary N) is 1. The molecule has 0 amide bonds. The minimum atomic E-state index is -3.59. The average molecular weight is 375 g/mol. The van der Waals surface area contributed by atoms with E-state index in [4.69, 9.17) is 19.9 Å². The van der Waals surface area contributed by atoms with Crippen LogP contribution in [0.3, 0.4) is 0 Å². The van der Waals surface area contributed by atoms with Gasteiger partial charge in [0.15, 0.2) is 21.3 Å². The van der Waals surface area contributed by atoms with Gasteiger partial charge in [0.05, 0.1) is 22.3 Å². The lowest BCUT2D eigenvalue weighted by Gasteiger charge is -2.12. The Balaban J connectivity index is 1.72. The van der Waals surface area contributed by atoms with Gasteiger partial charge >= 0.3 is 0 Å². The number of benzene rings is 2. The van der Waals surface area contributed by atoms with E-state index in [1.807, 2.05) is 19.1 Å². The van der Waals surface area contributed by atoms with Crippen LogP contribution in [0.15, 0.2) is 53.4 Å². The van der Waals surface area contributed by atoms with Gasteiger partial charge in [-0.1, -0.05) is 24.3 Å². The lowest BCUT2D eigenvalue weighted by Crippen LogP contribution is -2.36. The summed E-state index contributed by atoms with van der Waals surface area (Å²) in [6, 6.07) is 13.9. The maximum Gasteiger partial charge on any atom is 0.231 e. The third kappa shape index (κ3) is 2.67. The second-order valence-electron chi connectivity index (χ2n) is 6.62. The maximum absolute atomic E-state index is 13.2. The van der Waals surface area contributed by atoms with Crippen molar-refractivity contribution in [2.24, 2.45) is 5.73 Å². The molecule has 26 heavy (non-hydrogen) atoms. The van der Waals surface area contributed by atoms with Crippen LogP contribution < -0.4 is 15.2 Å². The minimum Gasteiger partial charge on any atom is -0.454 e. The van der Waals surface area contributed by atoms with Crippen LogP contribution in [0.5, 0.6) is 11.5 Å². The summed E-state index contributed by atoms with van der Waals surface area (Å²) < 4.78 is 42.7. The van der Waals surface area contributed by atoms with Crippen molar-refractivity contribution in [1.82, 2.24) is 0 Å². The predicted octanol–water partition coefficient (Wildman–Crippen LogP) is 2.09. The van der Waals surface area contributed by atoms with Gasteiger partial charge in [-0.25, -0.2) is 8.42 Å². The molecular formula is C19H21NO5S. The van der Waals surface area contributed by atoms with Gasteiger partial charge in [-0.3, -0.25) is 0 Å². The zero-order valence-electron chi connectivity index (χ0n) is 14.4. The molecule has 0 spiro atoms. The smallest absolute Gasteiger partial charge is 0.231 e. The van der Waals surface area contributed by atoms with Crippen LogP contribution in [0.25, 0.3) is 0 Å². The van der Waals surface area contributed by atoms with Crippen molar-refractivity contribution in [3.05, 3.63) is 54.1 Å². The molecule has 4 rings (SSSR count). The van der Waals surface area contributed by atoms with Gasteiger partial charge in [-0.15, -0.1) is 0 Å². The van der Waals surface area contributed by atoms with E-state index in [1.54, 1.807) is 36.4 Å². The van der Waals surface area contributed by atoms with Gasteiger partial charge in [0, 0.05) is 12.5 Å². The molecule has 2 N–H and O–H groups in total. The zero-order valence-corrected chi connectivity index (χ0v) is 15.2. The van der Waals surface area contributed by atoms with E-state index in [0.717, 1.165) is 5.56 Å². The van der Waals surface area contributed by atoms with E-state index in [-0.39, 0.29) is 24.2 Å². The second-order valence-corrected chi connectivity index (χ2v) is 8.69. The first-order valence-corrected chi connectivity index (χ1v) is 10.1. The van der Waals surface area contributed by atoms with E-state index >= 15 is 0 Å². The fraction of sp³-hybridized carbons (Fsp3) is 0.368. The molecule has 2 aliphatic rings. The van der Waals surface area contributed by atoms with Crippen molar-refractivity contribution in [2.45, 2.75) is 28.5 Å². The van der Waals surface area contributed by atoms with Gasteiger partial charge in [0.2, 0.25) is 6.79 Å². The van der Waals surface area contributed by atoms with Gasteiger partial charge in [-0.2, -0.15) is 0 Å². The molecule has 3 atom stereocenters. The predicted molar refractivity (Wildman–Crippen MR) is 96.1 cm³/mol. The molecule has 1 saturated carbocycles. The number of rotatable bonds is 6. The van der Waals surface area contributed by atoms with Crippen molar-refractivity contribution in [3.8, 4) is 11.5 Å². The summed E-state index contributed by atoms with van der Waals surface area (Å²) in [6.45, 7) is 2.69. The van der Waals surface area contributed by atoms with E-state index in [1.165, 1.54) is 0 Å². The van der Waals surface area contributed by atoms with Crippen LogP contribution in [0, 0.1) is 0 Å². The molecule has 0 bridgehead atoms.